The molecule has 0 saturated heterocycles. The molecule has 33 heavy (non-hydrogen) atoms. The minimum absolute atomic E-state index is 0.128. The van der Waals surface area contributed by atoms with Crippen LogP contribution in [0, 0.1) is 0 Å². The van der Waals surface area contributed by atoms with E-state index in [2.05, 4.69) is 21.2 Å². The van der Waals surface area contributed by atoms with Gasteiger partial charge in [-0.1, -0.05) is 48.5 Å². The van der Waals surface area contributed by atoms with Crippen molar-refractivity contribution in [2.75, 3.05) is 23.3 Å². The lowest BCUT2D eigenvalue weighted by molar-refractivity contribution is -0.118. The zero-order valence-electron chi connectivity index (χ0n) is 17.7. The molecule has 0 spiro atoms. The molecule has 0 unspecified atom stereocenters. The number of para-hydroxylation sites is 1. The van der Waals surface area contributed by atoms with E-state index in [-0.39, 0.29) is 17.4 Å². The van der Waals surface area contributed by atoms with Gasteiger partial charge in [0.25, 0.3) is 15.9 Å². The van der Waals surface area contributed by atoms with Gasteiger partial charge < -0.3 is 10.1 Å². The molecule has 8 heteroatoms. The van der Waals surface area contributed by atoms with Gasteiger partial charge in [0.1, 0.15) is 5.75 Å². The summed E-state index contributed by atoms with van der Waals surface area (Å²) in [7, 11) is -2.21. The summed E-state index contributed by atoms with van der Waals surface area (Å²) in [6.07, 6.45) is 0. The molecule has 4 aromatic carbocycles. The summed E-state index contributed by atoms with van der Waals surface area (Å²) in [5.74, 6) is 0.210. The molecule has 1 amide bonds. The molecule has 168 valence electrons. The fourth-order valence-corrected chi connectivity index (χ4v) is 5.11. The Bertz CT molecular complexity index is 1390. The Labute approximate surface area is 201 Å². The molecule has 0 atom stereocenters. The third-order valence-corrected chi connectivity index (χ3v) is 7.72. The van der Waals surface area contributed by atoms with Crippen molar-refractivity contribution in [3.8, 4) is 5.75 Å². The number of benzene rings is 4. The van der Waals surface area contributed by atoms with Crippen LogP contribution in [0.4, 0.5) is 11.4 Å². The molecule has 4 rings (SSSR count). The van der Waals surface area contributed by atoms with Crippen LogP contribution in [0.2, 0.25) is 0 Å². The van der Waals surface area contributed by atoms with Gasteiger partial charge in [-0.25, -0.2) is 8.42 Å². The summed E-state index contributed by atoms with van der Waals surface area (Å²) >= 11 is 3.54. The SMILES string of the molecule is CN(c1ccccc1)S(=O)(=O)c1ccc(NC(=O)COc2ccc3ccccc3c2Br)cc1. The largest absolute Gasteiger partial charge is 0.483 e. The quantitative estimate of drug-likeness (QED) is 0.349. The molecular weight excluding hydrogens is 504 g/mol. The van der Waals surface area contributed by atoms with E-state index in [1.165, 1.54) is 23.5 Å². The molecule has 6 nitrogen and oxygen atoms in total. The summed E-state index contributed by atoms with van der Waals surface area (Å²) in [4.78, 5) is 12.5. The normalized spacial score (nSPS) is 11.2. The van der Waals surface area contributed by atoms with Crippen molar-refractivity contribution < 1.29 is 17.9 Å². The average Bonchev–Trinajstić information content (AvgIpc) is 2.84. The first-order valence-electron chi connectivity index (χ1n) is 10.1. The first kappa shape index (κ1) is 22.8. The van der Waals surface area contributed by atoms with Crippen LogP contribution >= 0.6 is 15.9 Å². The lowest BCUT2D eigenvalue weighted by atomic mass is 10.1. The maximum absolute atomic E-state index is 12.9. The van der Waals surface area contributed by atoms with Gasteiger partial charge in [0.15, 0.2) is 6.61 Å². The Hall–Kier alpha value is -3.36. The molecule has 0 aliphatic heterocycles. The molecule has 4 aromatic rings. The summed E-state index contributed by atoms with van der Waals surface area (Å²) in [5, 5.41) is 4.78. The topological polar surface area (TPSA) is 75.7 Å². The van der Waals surface area contributed by atoms with Crippen molar-refractivity contribution in [1.82, 2.24) is 0 Å². The van der Waals surface area contributed by atoms with Gasteiger partial charge in [0.05, 0.1) is 15.1 Å². The summed E-state index contributed by atoms with van der Waals surface area (Å²) in [6, 6.07) is 26.4. The van der Waals surface area contributed by atoms with E-state index in [0.717, 1.165) is 15.2 Å². The second kappa shape index (κ2) is 9.64. The Morgan fingerprint density at radius 1 is 0.909 bits per heavy atom. The number of nitrogens with one attached hydrogen (secondary N) is 1. The number of sulfonamides is 1. The number of carbonyl (C=O) groups excluding carboxylic acids is 1. The van der Waals surface area contributed by atoms with E-state index in [9.17, 15) is 13.2 Å². The van der Waals surface area contributed by atoms with Gasteiger partial charge in [-0.15, -0.1) is 0 Å². The first-order chi connectivity index (χ1) is 15.9. The minimum Gasteiger partial charge on any atom is -0.483 e. The van der Waals surface area contributed by atoms with Gasteiger partial charge in [-0.3, -0.25) is 9.10 Å². The van der Waals surface area contributed by atoms with Crippen LogP contribution in [0.3, 0.4) is 0 Å². The smallest absolute Gasteiger partial charge is 0.264 e. The van der Waals surface area contributed by atoms with E-state index in [4.69, 9.17) is 4.74 Å². The number of halogens is 1. The Morgan fingerprint density at radius 2 is 1.58 bits per heavy atom. The molecule has 0 aromatic heterocycles. The zero-order valence-corrected chi connectivity index (χ0v) is 20.1. The second-order valence-electron chi connectivity index (χ2n) is 7.27. The monoisotopic (exact) mass is 524 g/mol. The summed E-state index contributed by atoms with van der Waals surface area (Å²) in [5.41, 5.74) is 1.04. The van der Waals surface area contributed by atoms with Crippen LogP contribution in [0.5, 0.6) is 5.75 Å². The van der Waals surface area contributed by atoms with Crippen molar-refractivity contribution in [2.24, 2.45) is 0 Å². The van der Waals surface area contributed by atoms with Crippen molar-refractivity contribution in [1.29, 1.82) is 0 Å². The van der Waals surface area contributed by atoms with Gasteiger partial charge in [0.2, 0.25) is 0 Å². The highest BCUT2D eigenvalue weighted by Crippen LogP contribution is 2.33. The van der Waals surface area contributed by atoms with Crippen LogP contribution in [-0.4, -0.2) is 28.0 Å². The molecule has 0 radical (unpaired) electrons. The lowest BCUT2D eigenvalue weighted by Gasteiger charge is -2.19. The Balaban J connectivity index is 1.40. The van der Waals surface area contributed by atoms with Crippen molar-refractivity contribution >= 4 is 54.0 Å². The van der Waals surface area contributed by atoms with E-state index in [1.54, 1.807) is 36.4 Å². The number of carbonyl (C=O) groups is 1. The maximum atomic E-state index is 12.9. The zero-order chi connectivity index (χ0) is 23.4. The number of amides is 1. The molecule has 0 heterocycles. The molecular formula is C25H21BrN2O4S. The number of ether oxygens (including phenoxy) is 1. The molecule has 0 saturated carbocycles. The van der Waals surface area contributed by atoms with Crippen LogP contribution in [0.25, 0.3) is 10.8 Å². The fourth-order valence-electron chi connectivity index (χ4n) is 3.31. The van der Waals surface area contributed by atoms with Crippen molar-refractivity contribution in [3.05, 3.63) is 95.5 Å². The molecule has 0 fully saturated rings. The Kier molecular flexibility index (Phi) is 6.67. The Morgan fingerprint density at radius 3 is 2.30 bits per heavy atom. The number of rotatable bonds is 7. The van der Waals surface area contributed by atoms with E-state index < -0.39 is 10.0 Å². The number of hydrogen-bond donors (Lipinski definition) is 1. The predicted octanol–water partition coefficient (Wildman–Crippen LogP) is 5.44. The molecule has 1 N–H and O–H groups in total. The van der Waals surface area contributed by atoms with Crippen molar-refractivity contribution in [2.45, 2.75) is 4.90 Å². The third kappa shape index (κ3) is 5.02. The second-order valence-corrected chi connectivity index (χ2v) is 10.0. The molecule has 0 bridgehead atoms. The predicted molar refractivity (Wildman–Crippen MR) is 134 cm³/mol. The number of anilines is 2. The average molecular weight is 525 g/mol. The lowest BCUT2D eigenvalue weighted by Crippen LogP contribution is -2.26. The number of nitrogens with zero attached hydrogens (tertiary/aromatic N) is 1. The van der Waals surface area contributed by atoms with Crippen LogP contribution in [0.1, 0.15) is 0 Å². The van der Waals surface area contributed by atoms with Gasteiger partial charge in [-0.05, 0) is 69.2 Å². The number of fused-ring (bicyclic) bond motifs is 1. The number of hydrogen-bond acceptors (Lipinski definition) is 4. The van der Waals surface area contributed by atoms with E-state index in [0.29, 0.717) is 17.1 Å². The highest BCUT2D eigenvalue weighted by molar-refractivity contribution is 9.10. The third-order valence-electron chi connectivity index (χ3n) is 5.10. The molecule has 0 aliphatic rings. The van der Waals surface area contributed by atoms with Crippen LogP contribution in [0.15, 0.2) is 100 Å². The fraction of sp³-hybridized carbons (Fsp3) is 0.0800. The van der Waals surface area contributed by atoms with Gasteiger partial charge in [0, 0.05) is 12.7 Å². The van der Waals surface area contributed by atoms with Crippen LogP contribution < -0.4 is 14.4 Å². The van der Waals surface area contributed by atoms with E-state index in [1.807, 2.05) is 42.5 Å². The van der Waals surface area contributed by atoms with Gasteiger partial charge >= 0.3 is 0 Å². The highest BCUT2D eigenvalue weighted by Gasteiger charge is 2.21. The maximum Gasteiger partial charge on any atom is 0.264 e. The minimum atomic E-state index is -3.72. The summed E-state index contributed by atoms with van der Waals surface area (Å²) < 4.78 is 33.4. The van der Waals surface area contributed by atoms with E-state index >= 15 is 0 Å². The first-order valence-corrected chi connectivity index (χ1v) is 12.3. The highest BCUT2D eigenvalue weighted by atomic mass is 79.9. The summed E-state index contributed by atoms with van der Waals surface area (Å²) in [6.45, 7) is -0.187. The van der Waals surface area contributed by atoms with Crippen molar-refractivity contribution in [3.63, 3.8) is 0 Å². The molecule has 0 aliphatic carbocycles. The standard InChI is InChI=1S/C25H21BrN2O4S/c1-28(20-8-3-2-4-9-20)33(30,31)21-14-12-19(13-15-21)27-24(29)17-32-23-16-11-18-7-5-6-10-22(18)25(23)26/h2-16H,17H2,1H3,(H,27,29). The van der Waals surface area contributed by atoms with Crippen LogP contribution in [-0.2, 0) is 14.8 Å². The van der Waals surface area contributed by atoms with Gasteiger partial charge in [-0.2, -0.15) is 0 Å².